The van der Waals surface area contributed by atoms with Crippen LogP contribution in [0.2, 0.25) is 0 Å². The molecule has 3 N–H and O–H groups in total. The maximum absolute atomic E-state index is 9.02. The summed E-state index contributed by atoms with van der Waals surface area (Å²) in [7, 11) is 0. The molecule has 1 aromatic heterocycles. The molecule has 2 aromatic rings. The topological polar surface area (TPSA) is 87.6 Å². The number of hydrogen-bond acceptors (Lipinski definition) is 5. The third kappa shape index (κ3) is 2.52. The van der Waals surface area contributed by atoms with Crippen LogP contribution in [0.4, 0.5) is 17.2 Å². The van der Waals surface area contributed by atoms with E-state index in [4.69, 9.17) is 11.0 Å². The molecule has 1 heterocycles. The van der Waals surface area contributed by atoms with Crippen LogP contribution in [0.15, 0.2) is 35.2 Å². The number of halogens is 1. The van der Waals surface area contributed by atoms with Crippen LogP contribution < -0.4 is 11.1 Å². The van der Waals surface area contributed by atoms with Crippen LogP contribution in [-0.4, -0.2) is 9.97 Å². The number of anilines is 3. The van der Waals surface area contributed by atoms with E-state index in [0.717, 1.165) is 4.47 Å². The van der Waals surface area contributed by atoms with Crippen molar-refractivity contribution >= 4 is 33.1 Å². The minimum atomic E-state index is 0.430. The Morgan fingerprint density at radius 2 is 2.24 bits per heavy atom. The van der Waals surface area contributed by atoms with Gasteiger partial charge in [0.2, 0.25) is 0 Å². The predicted molar refractivity (Wildman–Crippen MR) is 68.6 cm³/mol. The van der Waals surface area contributed by atoms with Gasteiger partial charge in [0.15, 0.2) is 5.82 Å². The summed E-state index contributed by atoms with van der Waals surface area (Å²) in [6, 6.07) is 7.44. The van der Waals surface area contributed by atoms with Crippen molar-refractivity contribution in [2.45, 2.75) is 0 Å². The second kappa shape index (κ2) is 4.80. The van der Waals surface area contributed by atoms with Gasteiger partial charge in [-0.1, -0.05) is 15.9 Å². The number of benzene rings is 1. The van der Waals surface area contributed by atoms with E-state index in [1.54, 1.807) is 12.1 Å². The smallest absolute Gasteiger partial charge is 0.157 e. The van der Waals surface area contributed by atoms with E-state index in [9.17, 15) is 0 Å². The zero-order chi connectivity index (χ0) is 12.3. The Kier molecular flexibility index (Phi) is 3.21. The molecule has 0 bridgehead atoms. The molecular formula is C11H8BrN5. The zero-order valence-corrected chi connectivity index (χ0v) is 10.3. The molecule has 0 spiro atoms. The number of nitrogens with zero attached hydrogens (tertiary/aromatic N) is 3. The summed E-state index contributed by atoms with van der Waals surface area (Å²) in [6.07, 6.45) is 2.89. The highest BCUT2D eigenvalue weighted by molar-refractivity contribution is 9.10. The van der Waals surface area contributed by atoms with Crippen molar-refractivity contribution in [3.05, 3.63) is 40.8 Å². The average Bonchev–Trinajstić information content (AvgIpc) is 2.34. The highest BCUT2D eigenvalue weighted by Crippen LogP contribution is 2.24. The van der Waals surface area contributed by atoms with Gasteiger partial charge < -0.3 is 11.1 Å². The fourth-order valence-electron chi connectivity index (χ4n) is 1.29. The largest absolute Gasteiger partial charge is 0.394 e. The van der Waals surface area contributed by atoms with Gasteiger partial charge in [-0.25, -0.2) is 9.97 Å². The van der Waals surface area contributed by atoms with Gasteiger partial charge in [0.25, 0.3) is 0 Å². The monoisotopic (exact) mass is 289 g/mol. The second-order valence-corrected chi connectivity index (χ2v) is 4.17. The Balaban J connectivity index is 2.37. The summed E-state index contributed by atoms with van der Waals surface area (Å²) >= 11 is 3.31. The van der Waals surface area contributed by atoms with Gasteiger partial charge in [0.1, 0.15) is 12.4 Å². The van der Waals surface area contributed by atoms with E-state index in [1.807, 2.05) is 6.07 Å². The molecule has 0 radical (unpaired) electrons. The van der Waals surface area contributed by atoms with Gasteiger partial charge in [0.05, 0.1) is 23.1 Å². The Morgan fingerprint density at radius 3 is 2.94 bits per heavy atom. The van der Waals surface area contributed by atoms with Crippen molar-refractivity contribution in [1.29, 1.82) is 5.26 Å². The van der Waals surface area contributed by atoms with Crippen LogP contribution in [-0.2, 0) is 0 Å². The van der Waals surface area contributed by atoms with Crippen LogP contribution in [0.5, 0.6) is 0 Å². The number of nitrogen functional groups attached to an aromatic ring is 1. The highest BCUT2D eigenvalue weighted by Gasteiger charge is 2.05. The van der Waals surface area contributed by atoms with E-state index in [0.29, 0.717) is 22.8 Å². The van der Waals surface area contributed by atoms with Crippen molar-refractivity contribution in [1.82, 2.24) is 9.97 Å². The van der Waals surface area contributed by atoms with E-state index in [2.05, 4.69) is 37.3 Å². The zero-order valence-electron chi connectivity index (χ0n) is 8.68. The van der Waals surface area contributed by atoms with E-state index >= 15 is 0 Å². The molecule has 0 unspecified atom stereocenters. The van der Waals surface area contributed by atoms with Gasteiger partial charge in [-0.2, -0.15) is 5.26 Å². The number of nitriles is 1. The highest BCUT2D eigenvalue weighted by atomic mass is 79.9. The summed E-state index contributed by atoms with van der Waals surface area (Å²) in [5.41, 5.74) is 7.31. The van der Waals surface area contributed by atoms with Crippen molar-refractivity contribution in [3.8, 4) is 6.07 Å². The molecule has 0 saturated carbocycles. The van der Waals surface area contributed by atoms with Crippen molar-refractivity contribution in [3.63, 3.8) is 0 Å². The lowest BCUT2D eigenvalue weighted by molar-refractivity contribution is 1.17. The molecule has 1 aromatic carbocycles. The lowest BCUT2D eigenvalue weighted by atomic mass is 10.2. The molecule has 84 valence electrons. The summed E-state index contributed by atoms with van der Waals surface area (Å²) in [4.78, 5) is 7.80. The summed E-state index contributed by atoms with van der Waals surface area (Å²) in [6.45, 7) is 0. The molecule has 0 aliphatic carbocycles. The fraction of sp³-hybridized carbons (Fsp3) is 0. The third-order valence-electron chi connectivity index (χ3n) is 2.10. The number of aromatic nitrogens is 2. The fourth-order valence-corrected chi connectivity index (χ4v) is 1.65. The minimum absolute atomic E-state index is 0.430. The Bertz CT molecular complexity index is 591. The number of rotatable bonds is 2. The van der Waals surface area contributed by atoms with Crippen molar-refractivity contribution in [2.24, 2.45) is 0 Å². The molecule has 6 heteroatoms. The first kappa shape index (κ1) is 11.4. The molecule has 0 saturated heterocycles. The molecule has 0 amide bonds. The van der Waals surface area contributed by atoms with Crippen LogP contribution in [0.1, 0.15) is 5.56 Å². The number of nitrogens with two attached hydrogens (primary N) is 1. The first-order valence-corrected chi connectivity index (χ1v) is 5.52. The molecule has 2 rings (SSSR count). The first-order chi connectivity index (χ1) is 8.20. The van der Waals surface area contributed by atoms with Crippen molar-refractivity contribution in [2.75, 3.05) is 11.1 Å². The van der Waals surface area contributed by atoms with E-state index in [1.165, 1.54) is 12.5 Å². The second-order valence-electron chi connectivity index (χ2n) is 3.25. The van der Waals surface area contributed by atoms with Gasteiger partial charge in [0, 0.05) is 4.47 Å². The Hall–Kier alpha value is -2.13. The lowest BCUT2D eigenvalue weighted by Crippen LogP contribution is -2.01. The van der Waals surface area contributed by atoms with Crippen LogP contribution >= 0.6 is 15.9 Å². The van der Waals surface area contributed by atoms with Gasteiger partial charge >= 0.3 is 0 Å². The predicted octanol–water partition coefficient (Wildman–Crippen LogP) is 2.44. The van der Waals surface area contributed by atoms with Crippen LogP contribution in [0, 0.1) is 11.3 Å². The van der Waals surface area contributed by atoms with Crippen LogP contribution in [0.25, 0.3) is 0 Å². The average molecular weight is 290 g/mol. The van der Waals surface area contributed by atoms with Gasteiger partial charge in [-0.3, -0.25) is 0 Å². The molecule has 0 aliphatic heterocycles. The normalized spacial score (nSPS) is 9.65. The first-order valence-electron chi connectivity index (χ1n) is 4.73. The minimum Gasteiger partial charge on any atom is -0.394 e. The Labute approximate surface area is 106 Å². The maximum atomic E-state index is 9.02. The maximum Gasteiger partial charge on any atom is 0.157 e. The van der Waals surface area contributed by atoms with E-state index < -0.39 is 0 Å². The summed E-state index contributed by atoms with van der Waals surface area (Å²) in [5.74, 6) is 0.485. The van der Waals surface area contributed by atoms with Gasteiger partial charge in [-0.05, 0) is 18.2 Å². The quantitative estimate of drug-likeness (QED) is 0.887. The lowest BCUT2D eigenvalue weighted by Gasteiger charge is -2.08. The molecule has 17 heavy (non-hydrogen) atoms. The SMILES string of the molecule is N#Cc1cc(Br)ccc1Nc1ncncc1N. The summed E-state index contributed by atoms with van der Waals surface area (Å²) < 4.78 is 0.843. The van der Waals surface area contributed by atoms with Crippen LogP contribution in [0.3, 0.4) is 0 Å². The van der Waals surface area contributed by atoms with E-state index in [-0.39, 0.29) is 0 Å². The Morgan fingerprint density at radius 1 is 1.41 bits per heavy atom. The molecule has 0 aliphatic rings. The standard InChI is InChI=1S/C11H8BrN5/c12-8-1-2-10(7(3-8)4-13)17-11-9(14)5-15-6-16-11/h1-3,5-6H,14H2,(H,15,16,17). The molecule has 0 atom stereocenters. The molecular weight excluding hydrogens is 282 g/mol. The number of hydrogen-bond donors (Lipinski definition) is 2. The molecule has 5 nitrogen and oxygen atoms in total. The molecule has 0 fully saturated rings. The van der Waals surface area contributed by atoms with Crippen molar-refractivity contribution < 1.29 is 0 Å². The van der Waals surface area contributed by atoms with Gasteiger partial charge in [-0.15, -0.1) is 0 Å². The summed E-state index contributed by atoms with van der Waals surface area (Å²) in [5, 5.41) is 12.0. The third-order valence-corrected chi connectivity index (χ3v) is 2.59. The number of nitrogens with one attached hydrogen (secondary N) is 1.